The van der Waals surface area contributed by atoms with E-state index in [1.807, 2.05) is 0 Å². The maximum atomic E-state index is 13.7. The van der Waals surface area contributed by atoms with Gasteiger partial charge in [-0.05, 0) is 12.1 Å². The highest BCUT2D eigenvalue weighted by atomic mass is 35.5. The summed E-state index contributed by atoms with van der Waals surface area (Å²) in [7, 11) is -2.64. The van der Waals surface area contributed by atoms with Crippen molar-refractivity contribution in [2.24, 2.45) is 0 Å². The molecule has 2 N–H and O–H groups in total. The molecule has 0 saturated heterocycles. The third-order valence-corrected chi connectivity index (χ3v) is 4.19. The smallest absolute Gasteiger partial charge is 0.246 e. The fraction of sp³-hybridized carbons (Fsp3) is 0.200. The predicted molar refractivity (Wildman–Crippen MR) is 65.8 cm³/mol. The van der Waals surface area contributed by atoms with Crippen molar-refractivity contribution in [3.63, 3.8) is 0 Å². The minimum absolute atomic E-state index is 0.0637. The molecular weight excluding hydrogens is 267 g/mol. The first kappa shape index (κ1) is 14.0. The molecule has 1 aromatic rings. The molecule has 4 nitrogen and oxygen atoms in total. The third kappa shape index (κ3) is 2.77. The number of benzene rings is 1. The second kappa shape index (κ2) is 5.03. The largest absolute Gasteiger partial charge is 0.399 e. The fourth-order valence-corrected chi connectivity index (χ4v) is 2.76. The summed E-state index contributed by atoms with van der Waals surface area (Å²) in [5, 5.41) is -0.324. The quantitative estimate of drug-likeness (QED) is 0.675. The average molecular weight is 279 g/mol. The Morgan fingerprint density at radius 3 is 2.71 bits per heavy atom. The van der Waals surface area contributed by atoms with Gasteiger partial charge in [0.2, 0.25) is 10.0 Å². The number of nitrogen functional groups attached to an aromatic ring is 1. The lowest BCUT2D eigenvalue weighted by Gasteiger charge is -2.16. The van der Waals surface area contributed by atoms with Crippen LogP contribution in [-0.4, -0.2) is 26.3 Å². The molecule has 1 rings (SSSR count). The molecule has 1 aromatic carbocycles. The van der Waals surface area contributed by atoms with E-state index in [1.54, 1.807) is 0 Å². The molecule has 0 bridgehead atoms. The first-order chi connectivity index (χ1) is 7.80. The van der Waals surface area contributed by atoms with Crippen molar-refractivity contribution < 1.29 is 12.8 Å². The molecule has 17 heavy (non-hydrogen) atoms. The van der Waals surface area contributed by atoms with Crippen LogP contribution in [0.25, 0.3) is 0 Å². The van der Waals surface area contributed by atoms with Crippen molar-refractivity contribution in [1.82, 2.24) is 4.31 Å². The summed E-state index contributed by atoms with van der Waals surface area (Å²) < 4.78 is 38.6. The molecule has 0 amide bonds. The van der Waals surface area contributed by atoms with Crippen LogP contribution in [0.1, 0.15) is 0 Å². The van der Waals surface area contributed by atoms with E-state index in [2.05, 4.69) is 6.58 Å². The third-order valence-electron chi connectivity index (χ3n) is 2.09. The molecule has 0 atom stereocenters. The van der Waals surface area contributed by atoms with Crippen LogP contribution in [0.5, 0.6) is 0 Å². The van der Waals surface area contributed by atoms with Gasteiger partial charge in [-0.15, -0.1) is 6.58 Å². The number of halogens is 2. The van der Waals surface area contributed by atoms with Crippen LogP contribution in [0.3, 0.4) is 0 Å². The minimum Gasteiger partial charge on any atom is -0.399 e. The van der Waals surface area contributed by atoms with E-state index in [9.17, 15) is 12.8 Å². The van der Waals surface area contributed by atoms with Crippen molar-refractivity contribution in [3.8, 4) is 0 Å². The Bertz CT molecular complexity index is 545. The normalized spacial score (nSPS) is 11.8. The zero-order valence-corrected chi connectivity index (χ0v) is 10.7. The number of sulfonamides is 1. The van der Waals surface area contributed by atoms with Gasteiger partial charge in [0.25, 0.3) is 0 Å². The highest BCUT2D eigenvalue weighted by molar-refractivity contribution is 7.89. The van der Waals surface area contributed by atoms with Gasteiger partial charge in [0, 0.05) is 19.3 Å². The minimum atomic E-state index is -3.95. The number of nitrogens with zero attached hydrogens (tertiary/aromatic N) is 1. The van der Waals surface area contributed by atoms with Crippen molar-refractivity contribution in [1.29, 1.82) is 0 Å². The van der Waals surface area contributed by atoms with Crippen LogP contribution in [0.15, 0.2) is 29.7 Å². The molecule has 0 aromatic heterocycles. The Morgan fingerprint density at radius 2 is 2.18 bits per heavy atom. The Balaban J connectivity index is 3.38. The van der Waals surface area contributed by atoms with E-state index in [0.29, 0.717) is 0 Å². The van der Waals surface area contributed by atoms with Gasteiger partial charge in [-0.3, -0.25) is 0 Å². The topological polar surface area (TPSA) is 63.4 Å². The first-order valence-electron chi connectivity index (χ1n) is 4.62. The van der Waals surface area contributed by atoms with E-state index in [-0.39, 0.29) is 17.3 Å². The summed E-state index contributed by atoms with van der Waals surface area (Å²) in [5.74, 6) is -1.00. The second-order valence-corrected chi connectivity index (χ2v) is 5.81. The highest BCUT2D eigenvalue weighted by Gasteiger charge is 2.25. The van der Waals surface area contributed by atoms with Crippen LogP contribution < -0.4 is 5.73 Å². The molecule has 0 saturated carbocycles. The second-order valence-electron chi connectivity index (χ2n) is 3.39. The molecule has 0 heterocycles. The van der Waals surface area contributed by atoms with Gasteiger partial charge in [-0.1, -0.05) is 17.7 Å². The van der Waals surface area contributed by atoms with Crippen molar-refractivity contribution in [3.05, 3.63) is 35.6 Å². The van der Waals surface area contributed by atoms with Crippen LogP contribution in [0.2, 0.25) is 5.02 Å². The summed E-state index contributed by atoms with van der Waals surface area (Å²) >= 11 is 5.55. The lowest BCUT2D eigenvalue weighted by Crippen LogP contribution is -2.28. The molecule has 0 radical (unpaired) electrons. The van der Waals surface area contributed by atoms with Gasteiger partial charge < -0.3 is 5.73 Å². The summed E-state index contributed by atoms with van der Waals surface area (Å²) in [5.41, 5.74) is 5.53. The van der Waals surface area contributed by atoms with Crippen molar-refractivity contribution in [2.75, 3.05) is 19.3 Å². The molecule has 7 heteroatoms. The number of rotatable bonds is 4. The molecule has 0 spiro atoms. The van der Waals surface area contributed by atoms with E-state index in [4.69, 9.17) is 17.3 Å². The molecule has 0 unspecified atom stereocenters. The SMILES string of the molecule is C=CCN(C)S(=O)(=O)c1cc(N)cc(Cl)c1F. The number of hydrogen-bond donors (Lipinski definition) is 1. The van der Waals surface area contributed by atoms with Gasteiger partial charge in [-0.2, -0.15) is 4.31 Å². The van der Waals surface area contributed by atoms with Gasteiger partial charge in [0.1, 0.15) is 4.90 Å². The van der Waals surface area contributed by atoms with E-state index in [0.717, 1.165) is 16.4 Å². The molecule has 0 aliphatic heterocycles. The van der Waals surface area contributed by atoms with Crippen LogP contribution in [-0.2, 0) is 10.0 Å². The van der Waals surface area contributed by atoms with Crippen molar-refractivity contribution >= 4 is 27.3 Å². The standard InChI is InChI=1S/C10H12ClFN2O2S/c1-3-4-14(2)17(15,16)9-6-7(13)5-8(11)10(9)12/h3,5-6H,1,4,13H2,2H3. The zero-order chi connectivity index (χ0) is 13.2. The summed E-state index contributed by atoms with van der Waals surface area (Å²) in [6.45, 7) is 3.48. The predicted octanol–water partition coefficient (Wildman–Crippen LogP) is 1.87. The van der Waals surface area contributed by atoms with Crippen LogP contribution in [0, 0.1) is 5.82 Å². The Hall–Kier alpha value is -1.11. The van der Waals surface area contributed by atoms with Gasteiger partial charge in [0.15, 0.2) is 5.82 Å². The summed E-state index contributed by atoms with van der Waals surface area (Å²) in [6.07, 6.45) is 1.39. The number of hydrogen-bond acceptors (Lipinski definition) is 3. The monoisotopic (exact) mass is 278 g/mol. The van der Waals surface area contributed by atoms with Crippen LogP contribution >= 0.6 is 11.6 Å². The summed E-state index contributed by atoms with van der Waals surface area (Å²) in [6, 6.07) is 2.19. The number of nitrogens with two attached hydrogens (primary N) is 1. The number of anilines is 1. The first-order valence-corrected chi connectivity index (χ1v) is 6.44. The molecule has 0 aliphatic carbocycles. The number of likely N-dealkylation sites (N-methyl/N-ethyl adjacent to an activating group) is 1. The Morgan fingerprint density at radius 1 is 1.59 bits per heavy atom. The highest BCUT2D eigenvalue weighted by Crippen LogP contribution is 2.27. The fourth-order valence-electron chi connectivity index (χ4n) is 1.22. The molecule has 94 valence electrons. The van der Waals surface area contributed by atoms with Gasteiger partial charge >= 0.3 is 0 Å². The molecule has 0 fully saturated rings. The average Bonchev–Trinajstić information content (AvgIpc) is 2.23. The zero-order valence-electron chi connectivity index (χ0n) is 9.15. The van der Waals surface area contributed by atoms with E-state index < -0.39 is 20.7 Å². The van der Waals surface area contributed by atoms with Gasteiger partial charge in [-0.25, -0.2) is 12.8 Å². The van der Waals surface area contributed by atoms with E-state index in [1.165, 1.54) is 13.1 Å². The molecule has 0 aliphatic rings. The van der Waals surface area contributed by atoms with Crippen molar-refractivity contribution in [2.45, 2.75) is 4.90 Å². The lowest BCUT2D eigenvalue weighted by molar-refractivity contribution is 0.489. The lowest BCUT2D eigenvalue weighted by atomic mass is 10.3. The van der Waals surface area contributed by atoms with Gasteiger partial charge in [0.05, 0.1) is 5.02 Å². The Labute approximate surface area is 105 Å². The van der Waals surface area contributed by atoms with E-state index >= 15 is 0 Å². The molecular formula is C10H12ClFN2O2S. The maximum absolute atomic E-state index is 13.7. The Kier molecular flexibility index (Phi) is 4.13. The van der Waals surface area contributed by atoms with Crippen LogP contribution in [0.4, 0.5) is 10.1 Å². The maximum Gasteiger partial charge on any atom is 0.246 e. The summed E-state index contributed by atoms with van der Waals surface area (Å²) in [4.78, 5) is -0.535.